The van der Waals surface area contributed by atoms with Crippen LogP contribution in [0.25, 0.3) is 11.0 Å². The molecule has 2 aromatic heterocycles. The lowest BCUT2D eigenvalue weighted by Gasteiger charge is -1.96. The number of hydrogen-bond donors (Lipinski definition) is 1. The zero-order valence-electron chi connectivity index (χ0n) is 7.77. The van der Waals surface area contributed by atoms with Gasteiger partial charge in [-0.05, 0) is 5.59 Å². The molecule has 0 atom stereocenters. The van der Waals surface area contributed by atoms with Gasteiger partial charge in [-0.15, -0.1) is 0 Å². The molecule has 13 heavy (non-hydrogen) atoms. The number of halogens is 1. The van der Waals surface area contributed by atoms with Crippen LogP contribution in [-0.2, 0) is 0 Å². The van der Waals surface area contributed by atoms with E-state index in [-0.39, 0.29) is 0 Å². The number of hydrogen-bond acceptors (Lipinski definition) is 2. The van der Waals surface area contributed by atoms with E-state index in [1.165, 1.54) is 0 Å². The Morgan fingerprint density at radius 1 is 1.15 bits per heavy atom. The maximum absolute atomic E-state index is 6.01. The van der Waals surface area contributed by atoms with E-state index in [4.69, 9.17) is 11.6 Å². The van der Waals surface area contributed by atoms with Crippen molar-refractivity contribution in [1.29, 1.82) is 0 Å². The SMILES string of the molecule is Bc1nc(Cl)c2c(B)c(B)[nH]c2n1. The fourth-order valence-corrected chi connectivity index (χ4v) is 1.77. The molecule has 0 unspecified atom stereocenters. The number of rotatable bonds is 0. The predicted octanol–water partition coefficient (Wildman–Crippen LogP) is -3.61. The van der Waals surface area contributed by atoms with Crippen molar-refractivity contribution in [1.82, 2.24) is 15.0 Å². The molecule has 0 spiro atoms. The molecule has 3 nitrogen and oxygen atoms in total. The number of aromatic nitrogens is 3. The van der Waals surface area contributed by atoms with Crippen LogP contribution in [-0.4, -0.2) is 38.5 Å². The van der Waals surface area contributed by atoms with Gasteiger partial charge in [0.25, 0.3) is 0 Å². The fraction of sp³-hybridized carbons (Fsp3) is 0. The molecule has 62 valence electrons. The zero-order valence-corrected chi connectivity index (χ0v) is 8.53. The van der Waals surface area contributed by atoms with E-state index in [9.17, 15) is 0 Å². The monoisotopic (exact) mass is 189 g/mol. The van der Waals surface area contributed by atoms with Crippen molar-refractivity contribution in [3.8, 4) is 0 Å². The average Bonchev–Trinajstić information content (AvgIpc) is 2.27. The summed E-state index contributed by atoms with van der Waals surface area (Å²) >= 11 is 6.01. The second-order valence-electron chi connectivity index (χ2n) is 3.16. The summed E-state index contributed by atoms with van der Waals surface area (Å²) in [5.41, 5.74) is 3.74. The molecule has 0 aromatic carbocycles. The van der Waals surface area contributed by atoms with Crippen LogP contribution < -0.4 is 16.8 Å². The molecule has 0 bridgehead atoms. The molecule has 0 saturated heterocycles. The summed E-state index contributed by atoms with van der Waals surface area (Å²) in [4.78, 5) is 11.6. The minimum Gasteiger partial charge on any atom is -0.353 e. The number of H-pyrrole nitrogens is 1. The topological polar surface area (TPSA) is 41.6 Å². The van der Waals surface area contributed by atoms with Gasteiger partial charge < -0.3 is 4.98 Å². The molecule has 0 radical (unpaired) electrons. The van der Waals surface area contributed by atoms with E-state index >= 15 is 0 Å². The molecule has 7 heteroatoms. The lowest BCUT2D eigenvalue weighted by molar-refractivity contribution is 1.27. The van der Waals surface area contributed by atoms with Crippen LogP contribution in [0.2, 0.25) is 5.15 Å². The van der Waals surface area contributed by atoms with Gasteiger partial charge in [0.1, 0.15) is 18.6 Å². The second-order valence-corrected chi connectivity index (χ2v) is 3.52. The Bertz CT molecular complexity index is 481. The molecule has 0 fully saturated rings. The Labute approximate surface area is 83.5 Å². The molecule has 1 N–H and O–H groups in total. The summed E-state index contributed by atoms with van der Waals surface area (Å²) in [6, 6.07) is 0. The maximum atomic E-state index is 6.01. The van der Waals surface area contributed by atoms with Gasteiger partial charge in [-0.3, -0.25) is 0 Å². The first kappa shape index (κ1) is 8.69. The molecular weight excluding hydrogens is 182 g/mol. The Kier molecular flexibility index (Phi) is 1.88. The van der Waals surface area contributed by atoms with Crippen molar-refractivity contribution in [3.05, 3.63) is 5.15 Å². The van der Waals surface area contributed by atoms with Crippen molar-refractivity contribution in [2.24, 2.45) is 0 Å². The minimum atomic E-state index is 0.532. The number of nitrogens with zero attached hydrogens (tertiary/aromatic N) is 2. The summed E-state index contributed by atoms with van der Waals surface area (Å²) < 4.78 is 0. The zero-order chi connectivity index (χ0) is 9.59. The molecule has 0 aliphatic carbocycles. The van der Waals surface area contributed by atoms with Crippen LogP contribution in [0.4, 0.5) is 0 Å². The molecule has 2 heterocycles. The van der Waals surface area contributed by atoms with Gasteiger partial charge >= 0.3 is 0 Å². The van der Waals surface area contributed by atoms with E-state index < -0.39 is 0 Å². The maximum Gasteiger partial charge on any atom is 0.189 e. The number of nitrogens with one attached hydrogen (secondary N) is 1. The average molecular weight is 189 g/mol. The van der Waals surface area contributed by atoms with Crippen molar-refractivity contribution < 1.29 is 0 Å². The summed E-state index contributed by atoms with van der Waals surface area (Å²) in [7, 11) is 5.85. The van der Waals surface area contributed by atoms with Crippen LogP contribution >= 0.6 is 11.6 Å². The van der Waals surface area contributed by atoms with Crippen LogP contribution in [0.3, 0.4) is 0 Å². The largest absolute Gasteiger partial charge is 0.353 e. The molecule has 0 amide bonds. The Morgan fingerprint density at radius 2 is 1.85 bits per heavy atom. The molecule has 0 saturated carbocycles. The first-order valence-electron chi connectivity index (χ1n) is 4.08. The number of aromatic amines is 1. The van der Waals surface area contributed by atoms with E-state index in [1.807, 2.05) is 23.5 Å². The van der Waals surface area contributed by atoms with Crippen LogP contribution in [0.1, 0.15) is 0 Å². The lowest BCUT2D eigenvalue weighted by atomic mass is 9.86. The van der Waals surface area contributed by atoms with Crippen molar-refractivity contribution in [2.75, 3.05) is 0 Å². The van der Waals surface area contributed by atoms with Gasteiger partial charge in [-0.2, -0.15) is 0 Å². The highest BCUT2D eigenvalue weighted by atomic mass is 35.5. The van der Waals surface area contributed by atoms with Crippen molar-refractivity contribution in [3.63, 3.8) is 0 Å². The van der Waals surface area contributed by atoms with Gasteiger partial charge in [0.05, 0.1) is 5.72 Å². The fourth-order valence-electron chi connectivity index (χ4n) is 1.42. The van der Waals surface area contributed by atoms with E-state index in [0.717, 1.165) is 22.1 Å². The predicted molar refractivity (Wildman–Crippen MR) is 63.4 cm³/mol. The van der Waals surface area contributed by atoms with Crippen LogP contribution in [0, 0.1) is 0 Å². The minimum absolute atomic E-state index is 0.532. The Balaban J connectivity index is 2.94. The third-order valence-corrected chi connectivity index (χ3v) is 2.49. The normalized spacial score (nSPS) is 10.8. The standard InChI is InChI=1S/C6H7B3ClN3/c7-2-1-4(10)12-6(9)13-5(1)11-3(2)8/h7-9H2,(H,11,12,13). The van der Waals surface area contributed by atoms with Crippen molar-refractivity contribution in [2.45, 2.75) is 0 Å². The highest BCUT2D eigenvalue weighted by Gasteiger charge is 2.09. The number of fused-ring (bicyclic) bond motifs is 1. The molecule has 2 aromatic rings. The Hall–Kier alpha value is -0.895. The lowest BCUT2D eigenvalue weighted by Crippen LogP contribution is -2.23. The van der Waals surface area contributed by atoms with Gasteiger partial charge in [0.2, 0.25) is 0 Å². The van der Waals surface area contributed by atoms with Gasteiger partial charge in [-0.25, -0.2) is 9.97 Å². The second kappa shape index (κ2) is 2.81. The molecule has 2 rings (SSSR count). The van der Waals surface area contributed by atoms with Crippen molar-refractivity contribution >= 4 is 63.0 Å². The Morgan fingerprint density at radius 3 is 2.54 bits per heavy atom. The third kappa shape index (κ3) is 1.25. The van der Waals surface area contributed by atoms with E-state index in [0.29, 0.717) is 10.9 Å². The molecular formula is C6H7B3ClN3. The summed E-state index contributed by atoms with van der Waals surface area (Å²) in [5, 5.41) is 1.47. The van der Waals surface area contributed by atoms with E-state index in [2.05, 4.69) is 15.0 Å². The smallest absolute Gasteiger partial charge is 0.189 e. The van der Waals surface area contributed by atoms with Gasteiger partial charge in [0, 0.05) is 5.39 Å². The summed E-state index contributed by atoms with van der Waals surface area (Å²) in [5.74, 6) is 0. The molecule has 0 aliphatic heterocycles. The first-order chi connectivity index (χ1) is 6.09. The highest BCUT2D eigenvalue weighted by Crippen LogP contribution is 2.12. The first-order valence-corrected chi connectivity index (χ1v) is 4.46. The summed E-state index contributed by atoms with van der Waals surface area (Å²) in [6.07, 6.45) is 0. The quantitative estimate of drug-likeness (QED) is 0.343. The third-order valence-electron chi connectivity index (χ3n) is 2.22. The van der Waals surface area contributed by atoms with Gasteiger partial charge in [0.15, 0.2) is 15.7 Å². The highest BCUT2D eigenvalue weighted by molar-refractivity contribution is 6.54. The van der Waals surface area contributed by atoms with Gasteiger partial charge in [-0.1, -0.05) is 17.1 Å². The van der Waals surface area contributed by atoms with E-state index in [1.54, 1.807) is 0 Å². The summed E-state index contributed by atoms with van der Waals surface area (Å²) in [6.45, 7) is 0. The molecule has 0 aliphatic rings. The van der Waals surface area contributed by atoms with Crippen LogP contribution in [0.5, 0.6) is 0 Å². The van der Waals surface area contributed by atoms with Crippen LogP contribution in [0.15, 0.2) is 0 Å².